The van der Waals surface area contributed by atoms with Gasteiger partial charge in [0.05, 0.1) is 0 Å². The monoisotopic (exact) mass is 373 g/mol. The number of piperidine rings is 1. The van der Waals surface area contributed by atoms with Gasteiger partial charge in [-0.15, -0.1) is 0 Å². The molecule has 0 radical (unpaired) electrons. The van der Waals surface area contributed by atoms with Crippen LogP contribution < -0.4 is 0 Å². The molecular weight excluding hydrogens is 342 g/mol. The van der Waals surface area contributed by atoms with Gasteiger partial charge in [0, 0.05) is 37.2 Å². The lowest BCUT2D eigenvalue weighted by Crippen LogP contribution is -2.49. The number of hydrogen-bond donors (Lipinski definition) is 1. The smallest absolute Gasteiger partial charge is 0.254 e. The predicted octanol–water partition coefficient (Wildman–Crippen LogP) is 2.11. The van der Waals surface area contributed by atoms with Crippen LogP contribution in [0.25, 0.3) is 0 Å². The van der Waals surface area contributed by atoms with E-state index in [9.17, 15) is 14.7 Å². The summed E-state index contributed by atoms with van der Waals surface area (Å²) in [5.74, 6) is 0.271. The van der Waals surface area contributed by atoms with E-state index < -0.39 is 0 Å². The molecule has 0 aromatic heterocycles. The molecule has 6 nitrogen and oxygen atoms in total. The standard InChI is InChI=1S/C21H31N3O3/c1-16-5-6-17(25)15-18(16)19(26)23-9-4-10-24(14-13-23)20(27)21(2)7-11-22(3)12-8-21/h5-6,15,25H,4,7-14H2,1-3H3. The molecule has 3 rings (SSSR count). The Morgan fingerprint density at radius 3 is 2.33 bits per heavy atom. The molecule has 0 aliphatic carbocycles. The van der Waals surface area contributed by atoms with Gasteiger partial charge in [-0.05, 0) is 64.0 Å². The van der Waals surface area contributed by atoms with Crippen molar-refractivity contribution in [2.45, 2.75) is 33.1 Å². The fraction of sp³-hybridized carbons (Fsp3) is 0.619. The van der Waals surface area contributed by atoms with Crippen molar-refractivity contribution >= 4 is 11.8 Å². The molecule has 1 N–H and O–H groups in total. The minimum absolute atomic E-state index is 0.0665. The number of likely N-dealkylation sites (tertiary alicyclic amines) is 1. The average Bonchev–Trinajstić information content (AvgIpc) is 2.91. The van der Waals surface area contributed by atoms with Crippen molar-refractivity contribution in [3.05, 3.63) is 29.3 Å². The van der Waals surface area contributed by atoms with Crippen LogP contribution in [0.5, 0.6) is 5.75 Å². The number of aromatic hydroxyl groups is 1. The average molecular weight is 373 g/mol. The van der Waals surface area contributed by atoms with E-state index in [1.54, 1.807) is 12.1 Å². The van der Waals surface area contributed by atoms with Crippen molar-refractivity contribution in [2.24, 2.45) is 5.41 Å². The van der Waals surface area contributed by atoms with Crippen molar-refractivity contribution < 1.29 is 14.7 Å². The van der Waals surface area contributed by atoms with Crippen molar-refractivity contribution in [2.75, 3.05) is 46.3 Å². The van der Waals surface area contributed by atoms with Crippen LogP contribution in [0.2, 0.25) is 0 Å². The van der Waals surface area contributed by atoms with Gasteiger partial charge in [-0.2, -0.15) is 0 Å². The number of carbonyl (C=O) groups excluding carboxylic acids is 2. The maximum Gasteiger partial charge on any atom is 0.254 e. The quantitative estimate of drug-likeness (QED) is 0.862. The van der Waals surface area contributed by atoms with Gasteiger partial charge >= 0.3 is 0 Å². The molecule has 27 heavy (non-hydrogen) atoms. The number of amides is 2. The Labute approximate surface area is 161 Å². The van der Waals surface area contributed by atoms with Gasteiger partial charge in [-0.1, -0.05) is 13.0 Å². The molecule has 1 aromatic carbocycles. The van der Waals surface area contributed by atoms with E-state index in [4.69, 9.17) is 0 Å². The molecular formula is C21H31N3O3. The van der Waals surface area contributed by atoms with E-state index in [-0.39, 0.29) is 23.0 Å². The number of nitrogens with zero attached hydrogens (tertiary/aromatic N) is 3. The number of phenols is 1. The first-order chi connectivity index (χ1) is 12.8. The van der Waals surface area contributed by atoms with Gasteiger partial charge in [0.15, 0.2) is 0 Å². The zero-order valence-electron chi connectivity index (χ0n) is 16.7. The summed E-state index contributed by atoms with van der Waals surface area (Å²) < 4.78 is 0. The van der Waals surface area contributed by atoms with Gasteiger partial charge in [0.1, 0.15) is 5.75 Å². The van der Waals surface area contributed by atoms with Gasteiger partial charge in [-0.25, -0.2) is 0 Å². The second kappa shape index (κ2) is 7.89. The van der Waals surface area contributed by atoms with Gasteiger partial charge in [0.2, 0.25) is 5.91 Å². The summed E-state index contributed by atoms with van der Waals surface area (Å²) in [6.07, 6.45) is 2.57. The lowest BCUT2D eigenvalue weighted by atomic mass is 9.79. The Kier molecular flexibility index (Phi) is 5.75. The SMILES string of the molecule is Cc1ccc(O)cc1C(=O)N1CCCN(C(=O)C2(C)CCN(C)CC2)CC1. The van der Waals surface area contributed by atoms with Crippen LogP contribution in [0.1, 0.15) is 42.1 Å². The second-order valence-electron chi connectivity index (χ2n) is 8.30. The number of rotatable bonds is 2. The Bertz CT molecular complexity index is 711. The summed E-state index contributed by atoms with van der Waals surface area (Å²) in [4.78, 5) is 32.1. The van der Waals surface area contributed by atoms with E-state index >= 15 is 0 Å². The first kappa shape index (κ1) is 19.7. The Morgan fingerprint density at radius 2 is 1.63 bits per heavy atom. The zero-order chi connectivity index (χ0) is 19.6. The largest absolute Gasteiger partial charge is 0.508 e. The molecule has 148 valence electrons. The van der Waals surface area contributed by atoms with Crippen molar-refractivity contribution in [1.82, 2.24) is 14.7 Å². The molecule has 0 atom stereocenters. The summed E-state index contributed by atoms with van der Waals surface area (Å²) in [6.45, 7) is 8.33. The second-order valence-corrected chi connectivity index (χ2v) is 8.30. The predicted molar refractivity (Wildman–Crippen MR) is 105 cm³/mol. The molecule has 2 fully saturated rings. The topological polar surface area (TPSA) is 64.1 Å². The molecule has 0 bridgehead atoms. The summed E-state index contributed by atoms with van der Waals surface area (Å²) in [7, 11) is 2.10. The fourth-order valence-corrected chi connectivity index (χ4v) is 4.04. The lowest BCUT2D eigenvalue weighted by molar-refractivity contribution is -0.143. The molecule has 2 aliphatic heterocycles. The van der Waals surface area contributed by atoms with Gasteiger partial charge in [-0.3, -0.25) is 9.59 Å². The lowest BCUT2D eigenvalue weighted by Gasteiger charge is -2.39. The van der Waals surface area contributed by atoms with Crippen molar-refractivity contribution in [3.63, 3.8) is 0 Å². The zero-order valence-corrected chi connectivity index (χ0v) is 16.7. The number of hydrogen-bond acceptors (Lipinski definition) is 4. The molecule has 2 amide bonds. The highest BCUT2D eigenvalue weighted by Gasteiger charge is 2.39. The first-order valence-corrected chi connectivity index (χ1v) is 9.87. The van der Waals surface area contributed by atoms with Gasteiger partial charge in [0.25, 0.3) is 5.91 Å². The van der Waals surface area contributed by atoms with Crippen LogP contribution in [-0.2, 0) is 4.79 Å². The molecule has 0 unspecified atom stereocenters. The normalized spacial score (nSPS) is 21.0. The minimum Gasteiger partial charge on any atom is -0.508 e. The Balaban J connectivity index is 1.66. The van der Waals surface area contributed by atoms with Crippen LogP contribution in [0.15, 0.2) is 18.2 Å². The molecule has 1 aromatic rings. The van der Waals surface area contributed by atoms with E-state index in [1.807, 2.05) is 16.7 Å². The van der Waals surface area contributed by atoms with Crippen LogP contribution in [0, 0.1) is 12.3 Å². The summed E-state index contributed by atoms with van der Waals surface area (Å²) in [5.41, 5.74) is 1.11. The third-order valence-electron chi connectivity index (χ3n) is 6.13. The number of benzene rings is 1. The maximum atomic E-state index is 13.2. The van der Waals surface area contributed by atoms with E-state index in [0.29, 0.717) is 31.7 Å². The van der Waals surface area contributed by atoms with Crippen molar-refractivity contribution in [1.29, 1.82) is 0 Å². The van der Waals surface area contributed by atoms with E-state index in [1.165, 1.54) is 6.07 Å². The molecule has 2 saturated heterocycles. The van der Waals surface area contributed by atoms with Crippen LogP contribution in [0.4, 0.5) is 0 Å². The Morgan fingerprint density at radius 1 is 1.00 bits per heavy atom. The fourth-order valence-electron chi connectivity index (χ4n) is 4.04. The first-order valence-electron chi connectivity index (χ1n) is 9.87. The van der Waals surface area contributed by atoms with Crippen LogP contribution >= 0.6 is 0 Å². The third-order valence-corrected chi connectivity index (χ3v) is 6.13. The molecule has 2 heterocycles. The number of aryl methyl sites for hydroxylation is 1. The highest BCUT2D eigenvalue weighted by molar-refractivity contribution is 5.96. The molecule has 2 aliphatic rings. The minimum atomic E-state index is -0.284. The highest BCUT2D eigenvalue weighted by Crippen LogP contribution is 2.33. The summed E-state index contributed by atoms with van der Waals surface area (Å²) in [5, 5.41) is 9.72. The van der Waals surface area contributed by atoms with E-state index in [0.717, 1.165) is 37.9 Å². The number of phenolic OH excluding ortho intramolecular Hbond substituents is 1. The summed E-state index contributed by atoms with van der Waals surface area (Å²) >= 11 is 0. The van der Waals surface area contributed by atoms with Crippen molar-refractivity contribution in [3.8, 4) is 5.75 Å². The van der Waals surface area contributed by atoms with Crippen LogP contribution in [0.3, 0.4) is 0 Å². The molecule has 6 heteroatoms. The van der Waals surface area contributed by atoms with E-state index in [2.05, 4.69) is 18.9 Å². The summed E-state index contributed by atoms with van der Waals surface area (Å²) in [6, 6.07) is 4.89. The van der Waals surface area contributed by atoms with Gasteiger partial charge < -0.3 is 19.8 Å². The highest BCUT2D eigenvalue weighted by atomic mass is 16.3. The number of carbonyl (C=O) groups is 2. The van der Waals surface area contributed by atoms with Crippen LogP contribution in [-0.4, -0.2) is 77.9 Å². The molecule has 0 spiro atoms. The third kappa shape index (κ3) is 4.26. The Hall–Kier alpha value is -2.08. The maximum absolute atomic E-state index is 13.2. The molecule has 0 saturated carbocycles.